The summed E-state index contributed by atoms with van der Waals surface area (Å²) in [4.78, 5) is 12.7. The number of para-hydroxylation sites is 1. The number of benzene rings is 2. The van der Waals surface area contributed by atoms with Crippen LogP contribution in [0.1, 0.15) is 21.7 Å². The first kappa shape index (κ1) is 17.5. The van der Waals surface area contributed by atoms with E-state index in [1.54, 1.807) is 6.92 Å². The Hall–Kier alpha value is -2.86. The average molecular weight is 387 g/mol. The van der Waals surface area contributed by atoms with Crippen molar-refractivity contribution >= 4 is 17.5 Å². The van der Waals surface area contributed by atoms with Gasteiger partial charge in [0.2, 0.25) is 0 Å². The lowest BCUT2D eigenvalue weighted by molar-refractivity contribution is 0.0932. The highest BCUT2D eigenvalue weighted by Crippen LogP contribution is 2.33. The Kier molecular flexibility index (Phi) is 4.58. The van der Waals surface area contributed by atoms with Gasteiger partial charge in [0.1, 0.15) is 34.7 Å². The van der Waals surface area contributed by atoms with Gasteiger partial charge in [-0.3, -0.25) is 4.79 Å². The van der Waals surface area contributed by atoms with Gasteiger partial charge in [-0.2, -0.15) is 0 Å². The number of rotatable bonds is 4. The number of halogens is 2. The topological polar surface area (TPSA) is 64.4 Å². The van der Waals surface area contributed by atoms with E-state index in [1.807, 2.05) is 24.3 Å². The van der Waals surface area contributed by atoms with E-state index < -0.39 is 11.7 Å². The fraction of sp³-hybridized carbons (Fsp3) is 0.200. The lowest BCUT2D eigenvalue weighted by Crippen LogP contribution is -2.34. The van der Waals surface area contributed by atoms with Crippen LogP contribution in [0.2, 0.25) is 5.02 Å². The van der Waals surface area contributed by atoms with Crippen LogP contribution >= 0.6 is 11.6 Å². The monoisotopic (exact) mass is 386 g/mol. The molecule has 1 amide bonds. The summed E-state index contributed by atoms with van der Waals surface area (Å²) in [6.45, 7) is 1.91. The summed E-state index contributed by atoms with van der Waals surface area (Å²) in [5, 5.41) is 6.83. The van der Waals surface area contributed by atoms with Gasteiger partial charge in [0, 0.05) is 6.42 Å². The number of amides is 1. The zero-order valence-electron chi connectivity index (χ0n) is 14.5. The molecule has 2 heterocycles. The molecule has 0 fully saturated rings. The minimum absolute atomic E-state index is 0.0469. The van der Waals surface area contributed by atoms with Crippen molar-refractivity contribution in [2.45, 2.75) is 19.4 Å². The second-order valence-electron chi connectivity index (χ2n) is 6.32. The number of hydrogen-bond acceptors (Lipinski definition) is 4. The number of ether oxygens (including phenoxy) is 1. The maximum Gasteiger partial charge on any atom is 0.257 e. The number of hydrogen-bond donors (Lipinski definition) is 1. The van der Waals surface area contributed by atoms with Crippen molar-refractivity contribution in [1.82, 2.24) is 10.5 Å². The fourth-order valence-corrected chi connectivity index (χ4v) is 3.45. The molecule has 0 saturated carbocycles. The molecule has 0 aliphatic carbocycles. The van der Waals surface area contributed by atoms with Crippen LogP contribution < -0.4 is 10.1 Å². The molecule has 0 bridgehead atoms. The van der Waals surface area contributed by atoms with Gasteiger partial charge < -0.3 is 14.6 Å². The molecule has 1 aliphatic heterocycles. The largest absolute Gasteiger partial charge is 0.488 e. The molecule has 27 heavy (non-hydrogen) atoms. The Balaban J connectivity index is 1.53. The third-order valence-corrected chi connectivity index (χ3v) is 4.81. The summed E-state index contributed by atoms with van der Waals surface area (Å²) in [5.41, 5.74) is 1.41. The van der Waals surface area contributed by atoms with Crippen LogP contribution in [0, 0.1) is 12.7 Å². The molecule has 7 heteroatoms. The lowest BCUT2D eigenvalue weighted by atomic mass is 10.0. The molecule has 1 aliphatic rings. The van der Waals surface area contributed by atoms with E-state index in [-0.39, 0.29) is 33.7 Å². The van der Waals surface area contributed by atoms with Gasteiger partial charge in [-0.05, 0) is 30.7 Å². The number of aryl methyl sites for hydroxylation is 1. The summed E-state index contributed by atoms with van der Waals surface area (Å²) >= 11 is 6.11. The number of nitrogens with zero attached hydrogens (tertiary/aromatic N) is 1. The molecule has 138 valence electrons. The number of carbonyl (C=O) groups is 1. The molecule has 2 aromatic carbocycles. The first-order chi connectivity index (χ1) is 13.0. The summed E-state index contributed by atoms with van der Waals surface area (Å²) in [6.07, 6.45) is 0.553. The van der Waals surface area contributed by atoms with Crippen molar-refractivity contribution in [1.29, 1.82) is 0 Å². The zero-order valence-corrected chi connectivity index (χ0v) is 15.2. The first-order valence-corrected chi connectivity index (χ1v) is 8.86. The molecule has 0 spiro atoms. The standard InChI is InChI=1S/C20H16ClFN2O3/c1-11-17(19(24-27-11)18-14(21)6-4-7-15(18)22)20(25)23-10-13-9-12-5-2-3-8-16(12)26-13/h2-8,13H,9-10H2,1H3,(H,23,25). The van der Waals surface area contributed by atoms with E-state index in [1.165, 1.54) is 18.2 Å². The van der Waals surface area contributed by atoms with Crippen molar-refractivity contribution < 1.29 is 18.4 Å². The minimum Gasteiger partial charge on any atom is -0.488 e. The minimum atomic E-state index is -0.570. The van der Waals surface area contributed by atoms with Crippen LogP contribution in [0.4, 0.5) is 4.39 Å². The maximum atomic E-state index is 14.3. The van der Waals surface area contributed by atoms with E-state index in [0.717, 1.165) is 11.3 Å². The Labute approximate surface area is 160 Å². The molecule has 1 atom stereocenters. The van der Waals surface area contributed by atoms with Crippen molar-refractivity contribution in [3.05, 3.63) is 70.2 Å². The van der Waals surface area contributed by atoms with Crippen LogP contribution in [0.15, 0.2) is 47.0 Å². The van der Waals surface area contributed by atoms with E-state index in [2.05, 4.69) is 10.5 Å². The Bertz CT molecular complexity index is 973. The zero-order chi connectivity index (χ0) is 19.0. The van der Waals surface area contributed by atoms with Gasteiger partial charge in [-0.1, -0.05) is 41.0 Å². The number of nitrogens with one attached hydrogen (secondary N) is 1. The lowest BCUT2D eigenvalue weighted by Gasteiger charge is -2.12. The van der Waals surface area contributed by atoms with Gasteiger partial charge in [0.25, 0.3) is 5.91 Å². The van der Waals surface area contributed by atoms with Crippen LogP contribution in [0.25, 0.3) is 11.3 Å². The molecule has 1 aromatic heterocycles. The van der Waals surface area contributed by atoms with Crippen LogP contribution in [0.3, 0.4) is 0 Å². The van der Waals surface area contributed by atoms with Crippen LogP contribution in [0.5, 0.6) is 5.75 Å². The summed E-state index contributed by atoms with van der Waals surface area (Å²) < 4.78 is 25.2. The van der Waals surface area contributed by atoms with Gasteiger partial charge >= 0.3 is 0 Å². The van der Waals surface area contributed by atoms with E-state index >= 15 is 0 Å². The molecular formula is C20H16ClFN2O3. The van der Waals surface area contributed by atoms with Gasteiger partial charge in [0.15, 0.2) is 0 Å². The molecule has 0 saturated heterocycles. The Morgan fingerprint density at radius 3 is 2.89 bits per heavy atom. The molecule has 3 aromatic rings. The normalized spacial score (nSPS) is 15.3. The summed E-state index contributed by atoms with van der Waals surface area (Å²) in [7, 11) is 0. The molecule has 1 N–H and O–H groups in total. The summed E-state index contributed by atoms with van der Waals surface area (Å²) in [6, 6.07) is 12.0. The molecular weight excluding hydrogens is 371 g/mol. The second-order valence-corrected chi connectivity index (χ2v) is 6.73. The number of fused-ring (bicyclic) bond motifs is 1. The maximum absolute atomic E-state index is 14.3. The smallest absolute Gasteiger partial charge is 0.257 e. The predicted molar refractivity (Wildman–Crippen MR) is 98.5 cm³/mol. The van der Waals surface area contributed by atoms with Crippen molar-refractivity contribution in [2.24, 2.45) is 0 Å². The van der Waals surface area contributed by atoms with E-state index in [9.17, 15) is 9.18 Å². The van der Waals surface area contributed by atoms with Gasteiger partial charge in [-0.15, -0.1) is 0 Å². The summed E-state index contributed by atoms with van der Waals surface area (Å²) in [5.74, 6) is 0.135. The van der Waals surface area contributed by atoms with Crippen LogP contribution in [-0.2, 0) is 6.42 Å². The highest BCUT2D eigenvalue weighted by Gasteiger charge is 2.27. The van der Waals surface area contributed by atoms with E-state index in [4.69, 9.17) is 20.9 Å². The van der Waals surface area contributed by atoms with Crippen molar-refractivity contribution in [3.63, 3.8) is 0 Å². The highest BCUT2D eigenvalue weighted by atomic mass is 35.5. The average Bonchev–Trinajstić information content (AvgIpc) is 3.23. The Morgan fingerprint density at radius 1 is 1.30 bits per heavy atom. The van der Waals surface area contributed by atoms with E-state index in [0.29, 0.717) is 13.0 Å². The first-order valence-electron chi connectivity index (χ1n) is 8.48. The quantitative estimate of drug-likeness (QED) is 0.730. The van der Waals surface area contributed by atoms with Crippen molar-refractivity contribution in [2.75, 3.05) is 6.54 Å². The molecule has 1 unspecified atom stereocenters. The SMILES string of the molecule is Cc1onc(-c2c(F)cccc2Cl)c1C(=O)NCC1Cc2ccccc2O1. The molecule has 4 rings (SSSR count). The van der Waals surface area contributed by atoms with Crippen molar-refractivity contribution in [3.8, 4) is 17.0 Å². The highest BCUT2D eigenvalue weighted by molar-refractivity contribution is 6.33. The third-order valence-electron chi connectivity index (χ3n) is 4.49. The predicted octanol–water partition coefficient (Wildman–Crippen LogP) is 4.18. The van der Waals surface area contributed by atoms with Crippen LogP contribution in [-0.4, -0.2) is 23.7 Å². The fourth-order valence-electron chi connectivity index (χ4n) is 3.20. The Morgan fingerprint density at radius 2 is 2.11 bits per heavy atom. The molecule has 5 nitrogen and oxygen atoms in total. The van der Waals surface area contributed by atoms with Gasteiger partial charge in [0.05, 0.1) is 17.1 Å². The van der Waals surface area contributed by atoms with Gasteiger partial charge in [-0.25, -0.2) is 4.39 Å². The second kappa shape index (κ2) is 7.04. The third kappa shape index (κ3) is 3.28. The molecule has 0 radical (unpaired) electrons. The number of carbonyl (C=O) groups excluding carboxylic acids is 1. The number of aromatic nitrogens is 1.